The molecule has 0 aliphatic carbocycles. The highest BCUT2D eigenvalue weighted by Gasteiger charge is 2.08. The van der Waals surface area contributed by atoms with Gasteiger partial charge in [-0.1, -0.05) is 12.1 Å². The van der Waals surface area contributed by atoms with Gasteiger partial charge in [0.05, 0.1) is 6.04 Å². The van der Waals surface area contributed by atoms with E-state index in [1.54, 1.807) is 18.5 Å². The Bertz CT molecular complexity index is 589. The zero-order chi connectivity index (χ0) is 15.1. The molecule has 110 valence electrons. The molecule has 4 nitrogen and oxygen atoms in total. The second kappa shape index (κ2) is 7.38. The number of urea groups is 1. The fourth-order valence-electron chi connectivity index (χ4n) is 2.00. The second-order valence-corrected chi connectivity index (χ2v) is 4.78. The fourth-order valence-corrected chi connectivity index (χ4v) is 2.00. The minimum absolute atomic E-state index is 0.0952. The van der Waals surface area contributed by atoms with E-state index < -0.39 is 0 Å². The highest BCUT2D eigenvalue weighted by molar-refractivity contribution is 5.74. The van der Waals surface area contributed by atoms with Crippen LogP contribution in [-0.2, 0) is 6.42 Å². The van der Waals surface area contributed by atoms with E-state index in [0.717, 1.165) is 11.1 Å². The minimum Gasteiger partial charge on any atom is -0.338 e. The van der Waals surface area contributed by atoms with Crippen LogP contribution in [0.4, 0.5) is 9.18 Å². The summed E-state index contributed by atoms with van der Waals surface area (Å²) in [5, 5.41) is 5.61. The molecular formula is C16H18FN3O. The largest absolute Gasteiger partial charge is 0.338 e. The molecule has 1 heterocycles. The van der Waals surface area contributed by atoms with Gasteiger partial charge in [-0.3, -0.25) is 4.98 Å². The molecule has 0 saturated carbocycles. The van der Waals surface area contributed by atoms with Gasteiger partial charge in [0.15, 0.2) is 0 Å². The molecule has 0 bridgehead atoms. The van der Waals surface area contributed by atoms with Gasteiger partial charge in [0.1, 0.15) is 5.82 Å². The van der Waals surface area contributed by atoms with Crippen LogP contribution in [0.25, 0.3) is 0 Å². The summed E-state index contributed by atoms with van der Waals surface area (Å²) in [5.74, 6) is -0.261. The van der Waals surface area contributed by atoms with Crippen molar-refractivity contribution in [2.75, 3.05) is 6.54 Å². The lowest BCUT2D eigenvalue weighted by Crippen LogP contribution is -2.38. The van der Waals surface area contributed by atoms with Crippen molar-refractivity contribution in [1.82, 2.24) is 15.6 Å². The number of nitrogens with zero attached hydrogens (tertiary/aromatic N) is 1. The molecule has 1 aromatic heterocycles. The number of carbonyl (C=O) groups excluding carboxylic acids is 1. The van der Waals surface area contributed by atoms with E-state index in [2.05, 4.69) is 15.6 Å². The Hall–Kier alpha value is -2.43. The van der Waals surface area contributed by atoms with E-state index in [9.17, 15) is 9.18 Å². The molecule has 2 N–H and O–H groups in total. The average Bonchev–Trinajstić information content (AvgIpc) is 2.48. The summed E-state index contributed by atoms with van der Waals surface area (Å²) < 4.78 is 13.0. The lowest BCUT2D eigenvalue weighted by atomic mass is 10.1. The lowest BCUT2D eigenvalue weighted by molar-refractivity contribution is 0.238. The van der Waals surface area contributed by atoms with Crippen LogP contribution in [-0.4, -0.2) is 17.6 Å². The van der Waals surface area contributed by atoms with Gasteiger partial charge >= 0.3 is 6.03 Å². The number of nitrogens with one attached hydrogen (secondary N) is 2. The standard InChI is InChI=1S/C16H18FN3O/c1-12(14-6-8-18-9-7-14)20-16(21)19-10-5-13-3-2-4-15(17)11-13/h2-4,6-9,11-12H,5,10H2,1H3,(H2,19,20,21)/t12-/m1/s1. The maximum atomic E-state index is 13.0. The maximum Gasteiger partial charge on any atom is 0.315 e. The molecule has 0 unspecified atom stereocenters. The number of rotatable bonds is 5. The summed E-state index contributed by atoms with van der Waals surface area (Å²) >= 11 is 0. The van der Waals surface area contributed by atoms with Crippen molar-refractivity contribution in [3.8, 4) is 0 Å². The smallest absolute Gasteiger partial charge is 0.315 e. The molecule has 2 amide bonds. The molecule has 21 heavy (non-hydrogen) atoms. The highest BCUT2D eigenvalue weighted by atomic mass is 19.1. The van der Waals surface area contributed by atoms with E-state index in [4.69, 9.17) is 0 Å². The molecule has 0 saturated heterocycles. The Kier molecular flexibility index (Phi) is 5.26. The quantitative estimate of drug-likeness (QED) is 0.888. The predicted molar refractivity (Wildman–Crippen MR) is 79.3 cm³/mol. The Morgan fingerprint density at radius 1 is 1.29 bits per heavy atom. The summed E-state index contributed by atoms with van der Waals surface area (Å²) in [6.45, 7) is 2.36. The molecule has 5 heteroatoms. The molecule has 0 spiro atoms. The molecule has 0 aliphatic heterocycles. The van der Waals surface area contributed by atoms with Crippen LogP contribution >= 0.6 is 0 Å². The van der Waals surface area contributed by atoms with E-state index in [1.807, 2.05) is 25.1 Å². The first-order valence-corrected chi connectivity index (χ1v) is 6.84. The number of hydrogen-bond donors (Lipinski definition) is 2. The van der Waals surface area contributed by atoms with Crippen molar-refractivity contribution in [1.29, 1.82) is 0 Å². The molecule has 2 rings (SSSR count). The zero-order valence-corrected chi connectivity index (χ0v) is 11.8. The first-order valence-electron chi connectivity index (χ1n) is 6.84. The normalized spacial score (nSPS) is 11.7. The van der Waals surface area contributed by atoms with Crippen LogP contribution in [0.5, 0.6) is 0 Å². The number of benzene rings is 1. The fraction of sp³-hybridized carbons (Fsp3) is 0.250. The summed E-state index contributed by atoms with van der Waals surface area (Å²) in [5.41, 5.74) is 1.85. The van der Waals surface area contributed by atoms with Crippen LogP contribution in [0.15, 0.2) is 48.8 Å². The highest BCUT2D eigenvalue weighted by Crippen LogP contribution is 2.09. The van der Waals surface area contributed by atoms with Gasteiger partial charge in [0, 0.05) is 18.9 Å². The van der Waals surface area contributed by atoms with Crippen molar-refractivity contribution in [3.63, 3.8) is 0 Å². The zero-order valence-electron chi connectivity index (χ0n) is 11.8. The number of carbonyl (C=O) groups is 1. The molecule has 1 atom stereocenters. The maximum absolute atomic E-state index is 13.0. The predicted octanol–water partition coefficient (Wildman–Crippen LogP) is 2.82. The minimum atomic E-state index is -0.261. The Morgan fingerprint density at radius 2 is 2.05 bits per heavy atom. The van der Waals surface area contributed by atoms with E-state index in [-0.39, 0.29) is 17.9 Å². The molecule has 2 aromatic rings. The summed E-state index contributed by atoms with van der Waals surface area (Å²) in [7, 11) is 0. The first-order chi connectivity index (χ1) is 10.1. The first kappa shape index (κ1) is 15.0. The third-order valence-corrected chi connectivity index (χ3v) is 3.14. The number of pyridine rings is 1. The summed E-state index contributed by atoms with van der Waals surface area (Å²) in [6, 6.07) is 9.76. The van der Waals surface area contributed by atoms with Crippen LogP contribution in [0.3, 0.4) is 0 Å². The lowest BCUT2D eigenvalue weighted by Gasteiger charge is -2.14. The van der Waals surface area contributed by atoms with Crippen LogP contribution in [0.1, 0.15) is 24.1 Å². The van der Waals surface area contributed by atoms with E-state index >= 15 is 0 Å². The molecule has 0 radical (unpaired) electrons. The SMILES string of the molecule is C[C@@H](NC(=O)NCCc1cccc(F)c1)c1ccncc1. The second-order valence-electron chi connectivity index (χ2n) is 4.78. The van der Waals surface area contributed by atoms with Crippen LogP contribution < -0.4 is 10.6 Å². The van der Waals surface area contributed by atoms with Gasteiger partial charge < -0.3 is 10.6 Å². The monoisotopic (exact) mass is 287 g/mol. The topological polar surface area (TPSA) is 54.0 Å². The van der Waals surface area contributed by atoms with Crippen molar-refractivity contribution in [2.45, 2.75) is 19.4 Å². The molecular weight excluding hydrogens is 269 g/mol. The van der Waals surface area contributed by atoms with Crippen molar-refractivity contribution >= 4 is 6.03 Å². The number of aromatic nitrogens is 1. The van der Waals surface area contributed by atoms with Crippen molar-refractivity contribution < 1.29 is 9.18 Å². The van der Waals surface area contributed by atoms with E-state index in [0.29, 0.717) is 13.0 Å². The third kappa shape index (κ3) is 4.87. The summed E-state index contributed by atoms with van der Waals surface area (Å²) in [4.78, 5) is 15.7. The number of amides is 2. The molecule has 0 fully saturated rings. The van der Waals surface area contributed by atoms with Gasteiger partial charge in [-0.2, -0.15) is 0 Å². The number of hydrogen-bond acceptors (Lipinski definition) is 2. The van der Waals surface area contributed by atoms with Crippen molar-refractivity contribution in [3.05, 3.63) is 65.7 Å². The van der Waals surface area contributed by atoms with Crippen molar-refractivity contribution in [2.24, 2.45) is 0 Å². The van der Waals surface area contributed by atoms with Gasteiger partial charge in [0.2, 0.25) is 0 Å². The van der Waals surface area contributed by atoms with Crippen LogP contribution in [0, 0.1) is 5.82 Å². The van der Waals surface area contributed by atoms with Gasteiger partial charge in [-0.25, -0.2) is 9.18 Å². The average molecular weight is 287 g/mol. The summed E-state index contributed by atoms with van der Waals surface area (Å²) in [6.07, 6.45) is 3.97. The number of halogens is 1. The Labute approximate surface area is 123 Å². The third-order valence-electron chi connectivity index (χ3n) is 3.14. The Morgan fingerprint density at radius 3 is 2.76 bits per heavy atom. The molecule has 0 aliphatic rings. The van der Waals surface area contributed by atoms with Crippen LogP contribution in [0.2, 0.25) is 0 Å². The molecule has 1 aromatic carbocycles. The van der Waals surface area contributed by atoms with Gasteiger partial charge in [-0.15, -0.1) is 0 Å². The van der Waals surface area contributed by atoms with Gasteiger partial charge in [-0.05, 0) is 48.7 Å². The Balaban J connectivity index is 1.75. The van der Waals surface area contributed by atoms with E-state index in [1.165, 1.54) is 12.1 Å². The van der Waals surface area contributed by atoms with Gasteiger partial charge in [0.25, 0.3) is 0 Å².